The molecule has 0 radical (unpaired) electrons. The van der Waals surface area contributed by atoms with Crippen molar-refractivity contribution in [2.45, 2.75) is 44.1 Å². The van der Waals surface area contributed by atoms with E-state index in [0.717, 1.165) is 4.90 Å². The summed E-state index contributed by atoms with van der Waals surface area (Å²) in [5.74, 6) is -2.67. The van der Waals surface area contributed by atoms with Crippen LogP contribution in [0.5, 0.6) is 0 Å². The largest absolute Gasteiger partial charge is 0.479 e. The Balaban J connectivity index is 3.24. The average molecular weight is 332 g/mol. The van der Waals surface area contributed by atoms with Crippen LogP contribution in [0.2, 0.25) is 0 Å². The van der Waals surface area contributed by atoms with Crippen LogP contribution in [0.1, 0.15) is 27.7 Å². The zero-order chi connectivity index (χ0) is 17.1. The van der Waals surface area contributed by atoms with Crippen molar-refractivity contribution in [2.24, 2.45) is 0 Å². The normalized spacial score (nSPS) is 23.8. The summed E-state index contributed by atoms with van der Waals surface area (Å²) in [6.45, 7) is 7.09. The van der Waals surface area contributed by atoms with E-state index in [1.165, 1.54) is 11.8 Å². The molecule has 1 rings (SSSR count). The number of aliphatic carboxylic acids is 1. The highest BCUT2D eigenvalue weighted by Crippen LogP contribution is 2.26. The van der Waals surface area contributed by atoms with Crippen LogP contribution in [-0.4, -0.2) is 70.1 Å². The van der Waals surface area contributed by atoms with Crippen LogP contribution in [-0.2, 0) is 19.1 Å². The number of hydrogen-bond donors (Lipinski definition) is 2. The molecule has 1 aliphatic rings. The molecule has 1 fully saturated rings. The standard InChI is InChI=1S/C14H24N2O5S/c1-9(22-5)10(17)16-7-6-15-8-14(16,11(18)19)12(20)21-13(2,3)4/h9,15H,6-8H2,1-5H3,(H,18,19). The minimum absolute atomic E-state index is 0.148. The lowest BCUT2D eigenvalue weighted by molar-refractivity contribution is -0.184. The number of carboxylic acids is 1. The smallest absolute Gasteiger partial charge is 0.345 e. The number of ether oxygens (including phenoxy) is 1. The van der Waals surface area contributed by atoms with Gasteiger partial charge in [-0.15, -0.1) is 0 Å². The molecular weight excluding hydrogens is 308 g/mol. The number of piperazine rings is 1. The summed E-state index contributed by atoms with van der Waals surface area (Å²) in [5, 5.41) is 12.1. The molecule has 0 saturated carbocycles. The lowest BCUT2D eigenvalue weighted by atomic mass is 9.93. The molecule has 1 saturated heterocycles. The predicted molar refractivity (Wildman–Crippen MR) is 83.8 cm³/mol. The van der Waals surface area contributed by atoms with Crippen LogP contribution in [0.15, 0.2) is 0 Å². The molecule has 0 aromatic heterocycles. The topological polar surface area (TPSA) is 95.9 Å². The van der Waals surface area contributed by atoms with Gasteiger partial charge in [-0.3, -0.25) is 4.79 Å². The molecule has 1 aliphatic heterocycles. The number of amides is 1. The highest BCUT2D eigenvalue weighted by Gasteiger charge is 2.57. The van der Waals surface area contributed by atoms with Gasteiger partial charge < -0.3 is 20.1 Å². The van der Waals surface area contributed by atoms with Crippen molar-refractivity contribution in [3.05, 3.63) is 0 Å². The van der Waals surface area contributed by atoms with E-state index < -0.39 is 28.3 Å². The molecule has 7 nitrogen and oxygen atoms in total. The van der Waals surface area contributed by atoms with Crippen LogP contribution in [0.4, 0.5) is 0 Å². The predicted octanol–water partition coefficient (Wildman–Crippen LogP) is 0.335. The molecule has 2 unspecified atom stereocenters. The molecule has 0 aromatic rings. The van der Waals surface area contributed by atoms with Crippen LogP contribution < -0.4 is 5.32 Å². The van der Waals surface area contributed by atoms with Crippen molar-refractivity contribution < 1.29 is 24.2 Å². The molecule has 0 bridgehead atoms. The summed E-state index contributed by atoms with van der Waals surface area (Å²) in [7, 11) is 0. The Morgan fingerprint density at radius 3 is 2.41 bits per heavy atom. The minimum atomic E-state index is -2.02. The molecule has 2 N–H and O–H groups in total. The van der Waals surface area contributed by atoms with Gasteiger partial charge in [-0.25, -0.2) is 9.59 Å². The molecule has 0 aromatic carbocycles. The number of nitrogens with one attached hydrogen (secondary N) is 1. The quantitative estimate of drug-likeness (QED) is 0.566. The Labute approximate surface area is 134 Å². The number of nitrogens with zero attached hydrogens (tertiary/aromatic N) is 1. The van der Waals surface area contributed by atoms with Gasteiger partial charge in [0.25, 0.3) is 5.54 Å². The van der Waals surface area contributed by atoms with Gasteiger partial charge in [0.05, 0.1) is 5.25 Å². The Morgan fingerprint density at radius 2 is 1.95 bits per heavy atom. The maximum absolute atomic E-state index is 12.6. The molecule has 0 aliphatic carbocycles. The molecule has 22 heavy (non-hydrogen) atoms. The Hall–Kier alpha value is -1.28. The van der Waals surface area contributed by atoms with Gasteiger partial charge in [0.15, 0.2) is 0 Å². The Kier molecular flexibility index (Phi) is 5.86. The van der Waals surface area contributed by atoms with Gasteiger partial charge >= 0.3 is 11.9 Å². The molecule has 0 spiro atoms. The second-order valence-corrected chi connectivity index (χ2v) is 7.39. The van der Waals surface area contributed by atoms with E-state index >= 15 is 0 Å². The lowest BCUT2D eigenvalue weighted by Crippen LogP contribution is -2.72. The monoisotopic (exact) mass is 332 g/mol. The van der Waals surface area contributed by atoms with Crippen LogP contribution in [0.25, 0.3) is 0 Å². The molecular formula is C14H24N2O5S. The molecule has 126 valence electrons. The summed E-state index contributed by atoms with van der Waals surface area (Å²) in [5.41, 5.74) is -2.86. The number of hydrogen-bond acceptors (Lipinski definition) is 6. The highest BCUT2D eigenvalue weighted by atomic mass is 32.2. The van der Waals surface area contributed by atoms with Gasteiger partial charge in [-0.1, -0.05) is 0 Å². The minimum Gasteiger partial charge on any atom is -0.479 e. The second-order valence-electron chi connectivity index (χ2n) is 6.21. The molecule has 1 amide bonds. The van der Waals surface area contributed by atoms with Crippen LogP contribution in [0, 0.1) is 0 Å². The van der Waals surface area contributed by atoms with Gasteiger partial charge in [0.1, 0.15) is 5.60 Å². The first-order chi connectivity index (χ1) is 10.1. The molecule has 8 heteroatoms. The Morgan fingerprint density at radius 1 is 1.36 bits per heavy atom. The lowest BCUT2D eigenvalue weighted by Gasteiger charge is -2.43. The number of thioether (sulfide) groups is 1. The van der Waals surface area contributed by atoms with Crippen molar-refractivity contribution >= 4 is 29.6 Å². The summed E-state index contributed by atoms with van der Waals surface area (Å²) >= 11 is 1.31. The third-order valence-corrected chi connectivity index (χ3v) is 4.32. The summed E-state index contributed by atoms with van der Waals surface area (Å²) in [6.07, 6.45) is 1.76. The maximum atomic E-state index is 12.6. The SMILES string of the molecule is CSC(C)C(=O)N1CCNCC1(C(=O)O)C(=O)OC(C)(C)C. The van der Waals surface area contributed by atoms with E-state index in [1.54, 1.807) is 34.0 Å². The van der Waals surface area contributed by atoms with Gasteiger partial charge in [-0.05, 0) is 34.0 Å². The van der Waals surface area contributed by atoms with Crippen molar-refractivity contribution in [3.63, 3.8) is 0 Å². The number of carbonyl (C=O) groups excluding carboxylic acids is 2. The zero-order valence-electron chi connectivity index (χ0n) is 13.6. The van der Waals surface area contributed by atoms with E-state index in [9.17, 15) is 19.5 Å². The average Bonchev–Trinajstić information content (AvgIpc) is 2.43. The van der Waals surface area contributed by atoms with Gasteiger partial charge in [0.2, 0.25) is 5.91 Å². The number of carboxylic acid groups (broad SMARTS) is 1. The fraction of sp³-hybridized carbons (Fsp3) is 0.786. The third-order valence-electron chi connectivity index (χ3n) is 3.41. The van der Waals surface area contributed by atoms with E-state index in [1.807, 2.05) is 0 Å². The summed E-state index contributed by atoms with van der Waals surface area (Å²) in [4.78, 5) is 38.1. The van der Waals surface area contributed by atoms with E-state index in [-0.39, 0.29) is 19.0 Å². The van der Waals surface area contributed by atoms with E-state index in [0.29, 0.717) is 6.54 Å². The van der Waals surface area contributed by atoms with Gasteiger partial charge in [0, 0.05) is 19.6 Å². The van der Waals surface area contributed by atoms with E-state index in [4.69, 9.17) is 4.74 Å². The first-order valence-electron chi connectivity index (χ1n) is 7.08. The summed E-state index contributed by atoms with van der Waals surface area (Å²) in [6, 6.07) is 0. The van der Waals surface area contributed by atoms with Crippen LogP contribution in [0.3, 0.4) is 0 Å². The fourth-order valence-corrected chi connectivity index (χ4v) is 2.52. The number of rotatable bonds is 4. The van der Waals surface area contributed by atoms with Crippen molar-refractivity contribution in [2.75, 3.05) is 25.9 Å². The Bertz CT molecular complexity index is 463. The third kappa shape index (κ3) is 3.73. The highest BCUT2D eigenvalue weighted by molar-refractivity contribution is 7.99. The van der Waals surface area contributed by atoms with Gasteiger partial charge in [-0.2, -0.15) is 11.8 Å². The summed E-state index contributed by atoms with van der Waals surface area (Å²) < 4.78 is 5.28. The number of carbonyl (C=O) groups is 3. The second kappa shape index (κ2) is 6.87. The first-order valence-corrected chi connectivity index (χ1v) is 8.37. The van der Waals surface area contributed by atoms with Crippen molar-refractivity contribution in [1.82, 2.24) is 10.2 Å². The fourth-order valence-electron chi connectivity index (χ4n) is 2.19. The van der Waals surface area contributed by atoms with Crippen molar-refractivity contribution in [3.8, 4) is 0 Å². The maximum Gasteiger partial charge on any atom is 0.345 e. The first kappa shape index (κ1) is 18.8. The molecule has 2 atom stereocenters. The molecule has 1 heterocycles. The van der Waals surface area contributed by atoms with Crippen LogP contribution >= 0.6 is 11.8 Å². The van der Waals surface area contributed by atoms with E-state index in [2.05, 4.69) is 5.32 Å². The number of esters is 1. The zero-order valence-corrected chi connectivity index (χ0v) is 14.5. The van der Waals surface area contributed by atoms with Crippen molar-refractivity contribution in [1.29, 1.82) is 0 Å².